The van der Waals surface area contributed by atoms with Crippen molar-refractivity contribution in [2.45, 2.75) is 38.0 Å². The summed E-state index contributed by atoms with van der Waals surface area (Å²) in [6.45, 7) is 10.5. The molecular formula is C47H55FN10O4. The summed E-state index contributed by atoms with van der Waals surface area (Å²) in [4.78, 5) is 49.7. The standard InChI is InChI=1S/C47H55FN10O4/c48-42-11-10-34(26-43-39-8-1-2-9-40(39)46(60)53-51-43)25-41(42)47(61)58-23-21-57(22-24-58)45(59)32-54-15-12-33(13-16-54)31-55-17-19-56(20-18-55)44-28-38(30-50-52-44)62-37-7-3-5-35(27-37)36-6-4-14-49-29-36/h1-3,5,7-11,25,27-28,30,33,36,49H,4,6,12-24,26,29,31-32H2,(H,53,60). The lowest BCUT2D eigenvalue weighted by atomic mass is 9.92. The minimum Gasteiger partial charge on any atom is -0.456 e. The molecule has 14 nitrogen and oxygen atoms in total. The zero-order chi connectivity index (χ0) is 42.4. The van der Waals surface area contributed by atoms with Crippen LogP contribution in [0.2, 0.25) is 0 Å². The van der Waals surface area contributed by atoms with Crippen LogP contribution in [0.5, 0.6) is 11.5 Å². The number of carbonyl (C=O) groups is 2. The largest absolute Gasteiger partial charge is 0.456 e. The van der Waals surface area contributed by atoms with Gasteiger partial charge in [0.1, 0.15) is 11.6 Å². The van der Waals surface area contributed by atoms with Crippen LogP contribution >= 0.6 is 0 Å². The van der Waals surface area contributed by atoms with Crippen LogP contribution in [-0.2, 0) is 11.2 Å². The quantitative estimate of drug-likeness (QED) is 0.194. The fourth-order valence-electron chi connectivity index (χ4n) is 9.47. The van der Waals surface area contributed by atoms with E-state index in [0.29, 0.717) is 73.4 Å². The van der Waals surface area contributed by atoms with Crippen molar-refractivity contribution in [3.8, 4) is 11.5 Å². The van der Waals surface area contributed by atoms with Crippen LogP contribution in [0, 0.1) is 11.7 Å². The van der Waals surface area contributed by atoms with Gasteiger partial charge in [0.25, 0.3) is 11.5 Å². The molecule has 4 aliphatic heterocycles. The van der Waals surface area contributed by atoms with Gasteiger partial charge in [-0.05, 0) is 98.6 Å². The Kier molecular flexibility index (Phi) is 12.8. The Morgan fingerprint density at radius 2 is 1.58 bits per heavy atom. The third-order valence-corrected chi connectivity index (χ3v) is 13.1. The zero-order valence-electron chi connectivity index (χ0n) is 35.2. The smallest absolute Gasteiger partial charge is 0.272 e. The van der Waals surface area contributed by atoms with Gasteiger partial charge in [-0.2, -0.15) is 10.2 Å². The Morgan fingerprint density at radius 1 is 0.790 bits per heavy atom. The second kappa shape index (κ2) is 19.1. The summed E-state index contributed by atoms with van der Waals surface area (Å²) in [6.07, 6.45) is 6.51. The molecule has 2 aromatic heterocycles. The van der Waals surface area contributed by atoms with Crippen LogP contribution in [0.1, 0.15) is 58.8 Å². The van der Waals surface area contributed by atoms with Gasteiger partial charge in [0, 0.05) is 83.3 Å². The molecule has 0 radical (unpaired) electrons. The number of hydrogen-bond donors (Lipinski definition) is 2. The van der Waals surface area contributed by atoms with Gasteiger partial charge in [0.15, 0.2) is 11.6 Å². The van der Waals surface area contributed by atoms with Gasteiger partial charge in [-0.15, -0.1) is 5.10 Å². The molecule has 1 atom stereocenters. The maximum Gasteiger partial charge on any atom is 0.272 e. The number of aromatic nitrogens is 4. The van der Waals surface area contributed by atoms with E-state index in [4.69, 9.17) is 4.74 Å². The highest BCUT2D eigenvalue weighted by molar-refractivity contribution is 5.95. The SMILES string of the molecule is O=C(CN1CCC(CN2CCN(c3cc(Oc4cccc(C5CCCNC5)c4)cnn3)CC2)CC1)N1CCN(C(=O)c2cc(Cc3n[nH]c(=O)c4ccccc34)ccc2F)CC1. The van der Waals surface area contributed by atoms with Crippen molar-refractivity contribution in [2.75, 3.05) is 96.5 Å². The Morgan fingerprint density at radius 3 is 2.37 bits per heavy atom. The first-order valence-corrected chi connectivity index (χ1v) is 22.2. The Bertz CT molecular complexity index is 2420. The average molecular weight is 843 g/mol. The van der Waals surface area contributed by atoms with E-state index in [1.54, 1.807) is 35.4 Å². The summed E-state index contributed by atoms with van der Waals surface area (Å²) < 4.78 is 21.3. The number of nitrogens with one attached hydrogen (secondary N) is 2. The van der Waals surface area contributed by atoms with Gasteiger partial charge in [-0.25, -0.2) is 9.49 Å². The number of anilines is 1. The lowest BCUT2D eigenvalue weighted by Crippen LogP contribution is -2.53. The monoisotopic (exact) mass is 842 g/mol. The van der Waals surface area contributed by atoms with Gasteiger partial charge in [0.2, 0.25) is 5.91 Å². The number of benzene rings is 3. The van der Waals surface area contributed by atoms with Crippen molar-refractivity contribution in [2.24, 2.45) is 5.92 Å². The normalized spacial score (nSPS) is 19.5. The molecule has 6 heterocycles. The Labute approximate surface area is 361 Å². The molecule has 4 saturated heterocycles. The molecule has 0 saturated carbocycles. The number of fused-ring (bicyclic) bond motifs is 1. The molecule has 4 aliphatic rings. The van der Waals surface area contributed by atoms with Crippen molar-refractivity contribution in [1.82, 2.24) is 45.3 Å². The first-order valence-electron chi connectivity index (χ1n) is 22.2. The second-order valence-electron chi connectivity index (χ2n) is 17.2. The van der Waals surface area contributed by atoms with E-state index >= 15 is 4.39 Å². The van der Waals surface area contributed by atoms with E-state index in [2.05, 4.69) is 58.6 Å². The second-order valence-corrected chi connectivity index (χ2v) is 17.2. The Balaban J connectivity index is 0.693. The van der Waals surface area contributed by atoms with E-state index in [1.165, 1.54) is 24.5 Å². The maximum absolute atomic E-state index is 15.0. The fourth-order valence-corrected chi connectivity index (χ4v) is 9.47. The van der Waals surface area contributed by atoms with Crippen molar-refractivity contribution in [3.05, 3.63) is 118 Å². The van der Waals surface area contributed by atoms with Crippen LogP contribution in [0.3, 0.4) is 0 Å². The van der Waals surface area contributed by atoms with Gasteiger partial charge in [-0.1, -0.05) is 36.4 Å². The number of aromatic amines is 1. The Hall–Kier alpha value is -5.77. The molecule has 62 heavy (non-hydrogen) atoms. The molecule has 4 fully saturated rings. The molecule has 0 bridgehead atoms. The summed E-state index contributed by atoms with van der Waals surface area (Å²) in [6, 6.07) is 22.1. The van der Waals surface area contributed by atoms with Crippen LogP contribution < -0.4 is 20.5 Å². The van der Waals surface area contributed by atoms with Crippen LogP contribution in [0.4, 0.5) is 10.2 Å². The first-order chi connectivity index (χ1) is 30.3. The number of rotatable bonds is 11. The highest BCUT2D eigenvalue weighted by atomic mass is 19.1. The van der Waals surface area contributed by atoms with Crippen LogP contribution in [0.15, 0.2) is 83.8 Å². The molecular weight excluding hydrogens is 788 g/mol. The molecule has 324 valence electrons. The number of amides is 2. The molecule has 1 unspecified atom stereocenters. The number of piperidine rings is 2. The van der Waals surface area contributed by atoms with Crippen molar-refractivity contribution in [3.63, 3.8) is 0 Å². The highest BCUT2D eigenvalue weighted by Gasteiger charge is 2.30. The van der Waals surface area contributed by atoms with Crippen molar-refractivity contribution < 1.29 is 18.7 Å². The molecule has 3 aromatic carbocycles. The van der Waals surface area contributed by atoms with E-state index in [-0.39, 0.29) is 17.0 Å². The first kappa shape index (κ1) is 41.6. The summed E-state index contributed by atoms with van der Waals surface area (Å²) in [7, 11) is 0. The van der Waals surface area contributed by atoms with E-state index in [0.717, 1.165) is 88.7 Å². The molecule has 9 rings (SSSR count). The number of hydrogen-bond acceptors (Lipinski definition) is 11. The number of ether oxygens (including phenoxy) is 1. The van der Waals surface area contributed by atoms with Crippen molar-refractivity contribution >= 4 is 28.4 Å². The fraction of sp³-hybridized carbons (Fsp3) is 0.447. The third-order valence-electron chi connectivity index (χ3n) is 13.1. The van der Waals surface area contributed by atoms with Gasteiger partial charge in [0.05, 0.1) is 29.4 Å². The number of piperazine rings is 2. The molecule has 0 aliphatic carbocycles. The predicted molar refractivity (Wildman–Crippen MR) is 235 cm³/mol. The molecule has 2 N–H and O–H groups in total. The number of H-pyrrole nitrogens is 1. The van der Waals surface area contributed by atoms with E-state index in [1.807, 2.05) is 29.2 Å². The molecule has 5 aromatic rings. The lowest BCUT2D eigenvalue weighted by molar-refractivity contribution is -0.134. The van der Waals surface area contributed by atoms with Crippen molar-refractivity contribution in [1.29, 1.82) is 0 Å². The molecule has 15 heteroatoms. The van der Waals surface area contributed by atoms with Gasteiger partial charge in [-0.3, -0.25) is 24.2 Å². The summed E-state index contributed by atoms with van der Waals surface area (Å²) in [5, 5.41) is 20.2. The molecule has 2 amide bonds. The van der Waals surface area contributed by atoms with Gasteiger partial charge >= 0.3 is 0 Å². The van der Waals surface area contributed by atoms with E-state index in [9.17, 15) is 14.4 Å². The van der Waals surface area contributed by atoms with Crippen LogP contribution in [0.25, 0.3) is 10.8 Å². The molecule has 0 spiro atoms. The average Bonchev–Trinajstić information content (AvgIpc) is 3.32. The van der Waals surface area contributed by atoms with Crippen LogP contribution in [-0.4, -0.2) is 143 Å². The highest BCUT2D eigenvalue weighted by Crippen LogP contribution is 2.30. The summed E-state index contributed by atoms with van der Waals surface area (Å²) in [5.74, 6) is 2.56. The number of nitrogens with zero attached hydrogens (tertiary/aromatic N) is 8. The minimum absolute atomic E-state index is 0.00421. The van der Waals surface area contributed by atoms with E-state index < -0.39 is 11.7 Å². The third kappa shape index (κ3) is 9.80. The number of carbonyl (C=O) groups excluding carboxylic acids is 2. The predicted octanol–water partition coefficient (Wildman–Crippen LogP) is 4.52. The topological polar surface area (TPSA) is 143 Å². The lowest BCUT2D eigenvalue weighted by Gasteiger charge is -2.39. The summed E-state index contributed by atoms with van der Waals surface area (Å²) >= 11 is 0. The maximum atomic E-state index is 15.0. The number of likely N-dealkylation sites (tertiary alicyclic amines) is 1. The minimum atomic E-state index is -0.589. The summed E-state index contributed by atoms with van der Waals surface area (Å²) in [5.41, 5.74) is 2.38. The van der Waals surface area contributed by atoms with Gasteiger partial charge < -0.3 is 24.8 Å². The zero-order valence-corrected chi connectivity index (χ0v) is 35.2. The number of halogens is 1.